The number of anilines is 1. The molecule has 198 valence electrons. The molecule has 0 bridgehead atoms. The molecule has 0 radical (unpaired) electrons. The molecule has 0 aliphatic rings. The maximum absolute atomic E-state index is 13.4. The zero-order valence-corrected chi connectivity index (χ0v) is 22.8. The van der Waals surface area contributed by atoms with Gasteiger partial charge in [-0.05, 0) is 61.6 Å². The van der Waals surface area contributed by atoms with Gasteiger partial charge in [0.05, 0.1) is 11.9 Å². The van der Waals surface area contributed by atoms with Gasteiger partial charge in [-0.25, -0.2) is 12.8 Å². The fourth-order valence-corrected chi connectivity index (χ4v) is 5.09. The summed E-state index contributed by atoms with van der Waals surface area (Å²) >= 11 is 6.10. The highest BCUT2D eigenvalue weighted by Gasteiger charge is 2.29. The molecule has 2 amide bonds. The molecule has 0 spiro atoms. The van der Waals surface area contributed by atoms with E-state index in [1.165, 1.54) is 21.3 Å². The van der Waals surface area contributed by atoms with Crippen LogP contribution in [0.25, 0.3) is 0 Å². The molecule has 0 saturated carbocycles. The van der Waals surface area contributed by atoms with Crippen LogP contribution in [0.15, 0.2) is 42.5 Å². The van der Waals surface area contributed by atoms with Crippen molar-refractivity contribution >= 4 is 39.1 Å². The first-order valence-corrected chi connectivity index (χ1v) is 14.3. The molecule has 7 nitrogen and oxygen atoms in total. The van der Waals surface area contributed by atoms with Crippen LogP contribution in [0.3, 0.4) is 0 Å². The van der Waals surface area contributed by atoms with E-state index in [1.54, 1.807) is 37.3 Å². The normalized spacial score (nSPS) is 12.2. The van der Waals surface area contributed by atoms with Gasteiger partial charge in [-0.3, -0.25) is 13.9 Å². The smallest absolute Gasteiger partial charge is 0.242 e. The Morgan fingerprint density at radius 1 is 1.11 bits per heavy atom. The van der Waals surface area contributed by atoms with Crippen molar-refractivity contribution in [2.75, 3.05) is 23.7 Å². The molecular formula is C26H35ClFN3O4S. The quantitative estimate of drug-likeness (QED) is 0.401. The van der Waals surface area contributed by atoms with Gasteiger partial charge in [0.2, 0.25) is 21.8 Å². The predicted molar refractivity (Wildman–Crippen MR) is 142 cm³/mol. The summed E-state index contributed by atoms with van der Waals surface area (Å²) in [6.45, 7) is 6.28. The molecule has 1 atom stereocenters. The fourth-order valence-electron chi connectivity index (χ4n) is 3.91. The van der Waals surface area contributed by atoms with Crippen LogP contribution in [0, 0.1) is 12.7 Å². The Kier molecular flexibility index (Phi) is 11.2. The van der Waals surface area contributed by atoms with Crippen molar-refractivity contribution in [2.24, 2.45) is 0 Å². The topological polar surface area (TPSA) is 86.8 Å². The number of rotatable bonds is 13. The van der Waals surface area contributed by atoms with E-state index in [4.69, 9.17) is 11.6 Å². The van der Waals surface area contributed by atoms with E-state index in [2.05, 4.69) is 5.32 Å². The third-order valence-corrected chi connectivity index (χ3v) is 7.21. The van der Waals surface area contributed by atoms with Crippen molar-refractivity contribution in [2.45, 2.75) is 59.0 Å². The van der Waals surface area contributed by atoms with Crippen LogP contribution in [0.1, 0.15) is 50.7 Å². The molecule has 0 aromatic heterocycles. The Balaban J connectivity index is 2.23. The Hall–Kier alpha value is -2.65. The number of hydrogen-bond acceptors (Lipinski definition) is 4. The number of aryl methyl sites for hydroxylation is 1. The van der Waals surface area contributed by atoms with E-state index >= 15 is 0 Å². The molecule has 0 unspecified atom stereocenters. The first kappa shape index (κ1) is 29.6. The number of halogens is 2. The lowest BCUT2D eigenvalue weighted by molar-refractivity contribution is -0.141. The average Bonchev–Trinajstić information content (AvgIpc) is 2.82. The van der Waals surface area contributed by atoms with Crippen molar-refractivity contribution in [3.63, 3.8) is 0 Å². The molecule has 36 heavy (non-hydrogen) atoms. The van der Waals surface area contributed by atoms with Gasteiger partial charge in [0, 0.05) is 31.1 Å². The van der Waals surface area contributed by atoms with Gasteiger partial charge in [0.25, 0.3) is 0 Å². The monoisotopic (exact) mass is 539 g/mol. The van der Waals surface area contributed by atoms with Gasteiger partial charge in [-0.2, -0.15) is 0 Å². The number of hydrogen-bond donors (Lipinski definition) is 1. The van der Waals surface area contributed by atoms with Crippen molar-refractivity contribution in [3.05, 3.63) is 64.4 Å². The highest BCUT2D eigenvalue weighted by molar-refractivity contribution is 7.92. The van der Waals surface area contributed by atoms with Crippen molar-refractivity contribution in [1.82, 2.24) is 10.2 Å². The van der Waals surface area contributed by atoms with Gasteiger partial charge in [-0.15, -0.1) is 0 Å². The van der Waals surface area contributed by atoms with Gasteiger partial charge < -0.3 is 10.2 Å². The number of nitrogens with zero attached hydrogens (tertiary/aromatic N) is 2. The number of nitrogens with one attached hydrogen (secondary N) is 1. The van der Waals surface area contributed by atoms with E-state index in [-0.39, 0.29) is 43.6 Å². The standard InChI is InChI=1S/C26H35ClFN3O4S/c1-5-15-29-26(33)23(6-2)30(18-20-10-13-22(28)14-11-20)25(32)8-7-16-31(36(4,34)35)24-17-21(27)12-9-19(24)3/h9-14,17,23H,5-8,15-16,18H2,1-4H3,(H,29,33)/t23-/m0/s1. The fraction of sp³-hybridized carbons (Fsp3) is 0.462. The molecule has 2 rings (SSSR count). The molecular weight excluding hydrogens is 505 g/mol. The van der Waals surface area contributed by atoms with E-state index < -0.39 is 16.1 Å². The summed E-state index contributed by atoms with van der Waals surface area (Å²) in [5.41, 5.74) is 1.90. The van der Waals surface area contributed by atoms with Crippen LogP contribution in [0.4, 0.5) is 10.1 Å². The highest BCUT2D eigenvalue weighted by atomic mass is 35.5. The largest absolute Gasteiger partial charge is 0.354 e. The molecule has 2 aromatic rings. The lowest BCUT2D eigenvalue weighted by atomic mass is 10.1. The number of benzene rings is 2. The summed E-state index contributed by atoms with van der Waals surface area (Å²) in [6, 6.07) is 10.1. The highest BCUT2D eigenvalue weighted by Crippen LogP contribution is 2.27. The number of carbonyl (C=O) groups excluding carboxylic acids is 2. The Morgan fingerprint density at radius 3 is 2.36 bits per heavy atom. The van der Waals surface area contributed by atoms with Gasteiger partial charge >= 0.3 is 0 Å². The third kappa shape index (κ3) is 8.48. The molecule has 0 fully saturated rings. The van der Waals surface area contributed by atoms with Crippen LogP contribution < -0.4 is 9.62 Å². The second-order valence-electron chi connectivity index (χ2n) is 8.73. The molecule has 2 aromatic carbocycles. The summed E-state index contributed by atoms with van der Waals surface area (Å²) in [4.78, 5) is 27.7. The molecule has 0 saturated heterocycles. The Morgan fingerprint density at radius 2 is 1.78 bits per heavy atom. The van der Waals surface area contributed by atoms with Gasteiger partial charge in [-0.1, -0.05) is 43.6 Å². The maximum Gasteiger partial charge on any atom is 0.242 e. The van der Waals surface area contributed by atoms with Crippen LogP contribution in [-0.2, 0) is 26.2 Å². The average molecular weight is 540 g/mol. The van der Waals surface area contributed by atoms with Crippen LogP contribution >= 0.6 is 11.6 Å². The second-order valence-corrected chi connectivity index (χ2v) is 11.1. The van der Waals surface area contributed by atoms with E-state index in [0.717, 1.165) is 18.2 Å². The Labute approximate surface area is 218 Å². The summed E-state index contributed by atoms with van der Waals surface area (Å²) in [6.07, 6.45) is 2.55. The third-order valence-electron chi connectivity index (χ3n) is 5.79. The van der Waals surface area contributed by atoms with Gasteiger partial charge in [0.15, 0.2) is 0 Å². The summed E-state index contributed by atoms with van der Waals surface area (Å²) < 4.78 is 39.7. The number of amides is 2. The first-order chi connectivity index (χ1) is 17.0. The zero-order valence-electron chi connectivity index (χ0n) is 21.3. The van der Waals surface area contributed by atoms with E-state index in [1.807, 2.05) is 13.8 Å². The van der Waals surface area contributed by atoms with E-state index in [0.29, 0.717) is 29.2 Å². The minimum absolute atomic E-state index is 0.0321. The molecule has 10 heteroatoms. The van der Waals surface area contributed by atoms with E-state index in [9.17, 15) is 22.4 Å². The van der Waals surface area contributed by atoms with Crippen molar-refractivity contribution < 1.29 is 22.4 Å². The van der Waals surface area contributed by atoms with Gasteiger partial charge in [0.1, 0.15) is 11.9 Å². The van der Waals surface area contributed by atoms with Crippen molar-refractivity contribution in [1.29, 1.82) is 0 Å². The van der Waals surface area contributed by atoms with Crippen LogP contribution in [-0.4, -0.2) is 50.5 Å². The minimum Gasteiger partial charge on any atom is -0.354 e. The Bertz CT molecular complexity index is 1140. The lowest BCUT2D eigenvalue weighted by Crippen LogP contribution is -2.49. The predicted octanol–water partition coefficient (Wildman–Crippen LogP) is 4.67. The summed E-state index contributed by atoms with van der Waals surface area (Å²) in [5, 5.41) is 3.26. The second kappa shape index (κ2) is 13.6. The van der Waals surface area contributed by atoms with Crippen LogP contribution in [0.2, 0.25) is 5.02 Å². The number of sulfonamides is 1. The first-order valence-electron chi connectivity index (χ1n) is 12.0. The number of carbonyl (C=O) groups is 2. The molecule has 1 N–H and O–H groups in total. The van der Waals surface area contributed by atoms with Crippen LogP contribution in [0.5, 0.6) is 0 Å². The van der Waals surface area contributed by atoms with Crippen molar-refractivity contribution in [3.8, 4) is 0 Å². The molecule has 0 aliphatic carbocycles. The molecule has 0 aliphatic heterocycles. The molecule has 0 heterocycles. The summed E-state index contributed by atoms with van der Waals surface area (Å²) in [5.74, 6) is -0.919. The SMILES string of the molecule is CCCNC(=O)[C@H](CC)N(Cc1ccc(F)cc1)C(=O)CCCN(c1cc(Cl)ccc1C)S(C)(=O)=O. The lowest BCUT2D eigenvalue weighted by Gasteiger charge is -2.31. The zero-order chi connectivity index (χ0) is 26.9. The maximum atomic E-state index is 13.4. The summed E-state index contributed by atoms with van der Waals surface area (Å²) in [7, 11) is -3.62. The minimum atomic E-state index is -3.62.